The van der Waals surface area contributed by atoms with E-state index in [1.165, 1.54) is 35.1 Å². The van der Waals surface area contributed by atoms with Crippen molar-refractivity contribution in [3.8, 4) is 0 Å². The van der Waals surface area contributed by atoms with Crippen LogP contribution in [0.25, 0.3) is 10.2 Å². The maximum absolute atomic E-state index is 12.6. The van der Waals surface area contributed by atoms with Gasteiger partial charge >= 0.3 is 0 Å². The van der Waals surface area contributed by atoms with Crippen LogP contribution >= 0.6 is 23.1 Å². The molecule has 1 atom stereocenters. The van der Waals surface area contributed by atoms with Gasteiger partial charge in [-0.2, -0.15) is 0 Å². The smallest absolute Gasteiger partial charge is 0.232 e. The van der Waals surface area contributed by atoms with Gasteiger partial charge in [-0.3, -0.25) is 4.79 Å². The fraction of sp³-hybridized carbons (Fsp3) is 0.611. The zero-order valence-corrected chi connectivity index (χ0v) is 15.9. The highest BCUT2D eigenvalue weighted by molar-refractivity contribution is 8.00. The standard InChI is InChI=1S/C18H23N3OS2/c1-11-5-4-8-21(9-11)15(22)10-23-17-16-13-6-3-7-14(13)24-18(16)20-12(2)19-17/h11H,3-10H2,1-2H3/t11-/m0/s1. The molecule has 24 heavy (non-hydrogen) atoms. The van der Waals surface area contributed by atoms with Gasteiger partial charge < -0.3 is 4.90 Å². The Hall–Kier alpha value is -1.14. The zero-order chi connectivity index (χ0) is 16.7. The summed E-state index contributed by atoms with van der Waals surface area (Å²) in [6, 6.07) is 0. The van der Waals surface area contributed by atoms with Gasteiger partial charge in [0.2, 0.25) is 5.91 Å². The third-order valence-corrected chi connectivity index (χ3v) is 7.13. The highest BCUT2D eigenvalue weighted by atomic mass is 32.2. The second-order valence-corrected chi connectivity index (χ2v) is 9.04. The number of piperidine rings is 1. The number of hydrogen-bond donors (Lipinski definition) is 0. The normalized spacial score (nSPS) is 20.6. The topological polar surface area (TPSA) is 46.1 Å². The van der Waals surface area contributed by atoms with Crippen molar-refractivity contribution in [2.24, 2.45) is 5.92 Å². The van der Waals surface area contributed by atoms with E-state index < -0.39 is 0 Å². The maximum Gasteiger partial charge on any atom is 0.232 e. The number of rotatable bonds is 3. The average molecular weight is 362 g/mol. The molecule has 4 nitrogen and oxygen atoms in total. The molecule has 3 heterocycles. The van der Waals surface area contributed by atoms with Gasteiger partial charge in [0.25, 0.3) is 0 Å². The van der Waals surface area contributed by atoms with E-state index in [9.17, 15) is 4.79 Å². The van der Waals surface area contributed by atoms with Crippen LogP contribution in [-0.2, 0) is 17.6 Å². The molecule has 2 aromatic rings. The number of hydrogen-bond acceptors (Lipinski definition) is 5. The van der Waals surface area contributed by atoms with Crippen molar-refractivity contribution >= 4 is 39.2 Å². The minimum Gasteiger partial charge on any atom is -0.342 e. The van der Waals surface area contributed by atoms with E-state index in [1.54, 1.807) is 11.8 Å². The van der Waals surface area contributed by atoms with Crippen LogP contribution in [0.4, 0.5) is 0 Å². The van der Waals surface area contributed by atoms with Crippen LogP contribution in [0.5, 0.6) is 0 Å². The van der Waals surface area contributed by atoms with Gasteiger partial charge in [0.05, 0.1) is 5.75 Å². The predicted molar refractivity (Wildman–Crippen MR) is 99.9 cm³/mol. The van der Waals surface area contributed by atoms with Crippen molar-refractivity contribution in [2.75, 3.05) is 18.8 Å². The molecule has 0 spiro atoms. The van der Waals surface area contributed by atoms with Crippen molar-refractivity contribution in [3.63, 3.8) is 0 Å². The fourth-order valence-corrected chi connectivity index (χ4v) is 6.18. The molecule has 1 saturated heterocycles. The van der Waals surface area contributed by atoms with Gasteiger partial charge in [-0.25, -0.2) is 9.97 Å². The number of thioether (sulfide) groups is 1. The number of aryl methyl sites for hydroxylation is 3. The molecule has 0 N–H and O–H groups in total. The van der Waals surface area contributed by atoms with Crippen LogP contribution in [0, 0.1) is 12.8 Å². The minimum absolute atomic E-state index is 0.253. The summed E-state index contributed by atoms with van der Waals surface area (Å²) in [5.74, 6) is 2.18. The second-order valence-electron chi connectivity index (χ2n) is 6.99. The molecular formula is C18H23N3OS2. The lowest BCUT2D eigenvalue weighted by molar-refractivity contribution is -0.130. The van der Waals surface area contributed by atoms with Gasteiger partial charge in [0.15, 0.2) is 0 Å². The van der Waals surface area contributed by atoms with Crippen LogP contribution in [0.15, 0.2) is 5.03 Å². The largest absolute Gasteiger partial charge is 0.342 e. The first-order valence-electron chi connectivity index (χ1n) is 8.81. The quantitative estimate of drug-likeness (QED) is 0.615. The van der Waals surface area contributed by atoms with Gasteiger partial charge in [-0.15, -0.1) is 11.3 Å². The highest BCUT2D eigenvalue weighted by Crippen LogP contribution is 2.40. The number of likely N-dealkylation sites (tertiary alicyclic amines) is 1. The van der Waals surface area contributed by atoms with Crippen molar-refractivity contribution in [2.45, 2.75) is 51.0 Å². The summed E-state index contributed by atoms with van der Waals surface area (Å²) >= 11 is 3.42. The summed E-state index contributed by atoms with van der Waals surface area (Å²) in [5.41, 5.74) is 1.44. The zero-order valence-electron chi connectivity index (χ0n) is 14.3. The first-order valence-corrected chi connectivity index (χ1v) is 10.6. The van der Waals surface area contributed by atoms with Gasteiger partial charge in [0.1, 0.15) is 15.7 Å². The maximum atomic E-state index is 12.6. The Kier molecular flexibility index (Phi) is 4.52. The molecular weight excluding hydrogens is 338 g/mol. The summed E-state index contributed by atoms with van der Waals surface area (Å²) in [5, 5.41) is 2.23. The molecule has 1 aliphatic heterocycles. The molecule has 1 fully saturated rings. The van der Waals surface area contributed by atoms with E-state index in [1.807, 2.05) is 23.2 Å². The summed E-state index contributed by atoms with van der Waals surface area (Å²) in [6.45, 7) is 6.00. The number of nitrogens with zero attached hydrogens (tertiary/aromatic N) is 3. The predicted octanol–water partition coefficient (Wildman–Crippen LogP) is 3.84. The SMILES string of the molecule is Cc1nc(SCC(=O)N2CCC[C@H](C)C2)c2c3c(sc2n1)CCC3. The first-order chi connectivity index (χ1) is 11.6. The Morgan fingerprint density at radius 3 is 3.04 bits per heavy atom. The fourth-order valence-electron chi connectivity index (χ4n) is 3.81. The van der Waals surface area contributed by atoms with Crippen LogP contribution in [0.3, 0.4) is 0 Å². The third kappa shape index (κ3) is 3.06. The Labute approximate surface area is 151 Å². The van der Waals surface area contributed by atoms with E-state index >= 15 is 0 Å². The van der Waals surface area contributed by atoms with Gasteiger partial charge in [-0.05, 0) is 50.5 Å². The van der Waals surface area contributed by atoms with Crippen LogP contribution < -0.4 is 0 Å². The lowest BCUT2D eigenvalue weighted by Crippen LogP contribution is -2.40. The van der Waals surface area contributed by atoms with Crippen molar-refractivity contribution in [1.29, 1.82) is 0 Å². The Bertz CT molecular complexity index is 786. The van der Waals surface area contributed by atoms with Gasteiger partial charge in [0, 0.05) is 23.4 Å². The number of thiophene rings is 1. The number of aromatic nitrogens is 2. The molecule has 4 rings (SSSR count). The first kappa shape index (κ1) is 16.3. The third-order valence-electron chi connectivity index (χ3n) is 4.99. The van der Waals surface area contributed by atoms with Gasteiger partial charge in [-0.1, -0.05) is 18.7 Å². The molecule has 6 heteroatoms. The van der Waals surface area contributed by atoms with E-state index in [4.69, 9.17) is 0 Å². The number of fused-ring (bicyclic) bond motifs is 3. The molecule has 0 unspecified atom stereocenters. The number of carbonyl (C=O) groups is 1. The molecule has 2 aromatic heterocycles. The lowest BCUT2D eigenvalue weighted by Gasteiger charge is -2.30. The molecule has 1 amide bonds. The Morgan fingerprint density at radius 2 is 2.21 bits per heavy atom. The Morgan fingerprint density at radius 1 is 1.33 bits per heavy atom. The molecule has 0 saturated carbocycles. The average Bonchev–Trinajstić information content (AvgIpc) is 3.12. The lowest BCUT2D eigenvalue weighted by atomic mass is 10.0. The van der Waals surface area contributed by atoms with Crippen LogP contribution in [0.2, 0.25) is 0 Å². The molecule has 2 aliphatic rings. The number of amides is 1. The molecule has 0 bridgehead atoms. The van der Waals surface area contributed by atoms with Crippen molar-refractivity contribution < 1.29 is 4.79 Å². The van der Waals surface area contributed by atoms with Crippen molar-refractivity contribution in [1.82, 2.24) is 14.9 Å². The summed E-state index contributed by atoms with van der Waals surface area (Å²) < 4.78 is 0. The number of carbonyl (C=O) groups excluding carboxylic acids is 1. The van der Waals surface area contributed by atoms with E-state index in [0.29, 0.717) is 11.7 Å². The molecule has 0 radical (unpaired) electrons. The summed E-state index contributed by atoms with van der Waals surface area (Å²) in [4.78, 5) is 26.5. The van der Waals surface area contributed by atoms with Crippen LogP contribution in [0.1, 0.15) is 42.5 Å². The monoisotopic (exact) mass is 361 g/mol. The summed E-state index contributed by atoms with van der Waals surface area (Å²) in [7, 11) is 0. The van der Waals surface area contributed by atoms with Crippen LogP contribution in [-0.4, -0.2) is 39.6 Å². The van der Waals surface area contributed by atoms with Crippen molar-refractivity contribution in [3.05, 3.63) is 16.3 Å². The molecule has 1 aliphatic carbocycles. The molecule has 128 valence electrons. The van der Waals surface area contributed by atoms with E-state index in [-0.39, 0.29) is 5.91 Å². The molecule has 0 aromatic carbocycles. The highest BCUT2D eigenvalue weighted by Gasteiger charge is 2.24. The van der Waals surface area contributed by atoms with E-state index in [0.717, 1.165) is 41.6 Å². The minimum atomic E-state index is 0.253. The van der Waals surface area contributed by atoms with E-state index in [2.05, 4.69) is 16.9 Å². The second kappa shape index (κ2) is 6.64. The summed E-state index contributed by atoms with van der Waals surface area (Å²) in [6.07, 6.45) is 5.91. The Balaban J connectivity index is 1.55.